The Bertz CT molecular complexity index is 714. The first-order valence-electron chi connectivity index (χ1n) is 10.2. The lowest BCUT2D eigenvalue weighted by molar-refractivity contribution is -0.185. The lowest BCUT2D eigenvalue weighted by Gasteiger charge is -2.60. The number of rotatable bonds is 5. The van der Waals surface area contributed by atoms with Crippen molar-refractivity contribution in [1.82, 2.24) is 5.32 Å². The molecule has 3 rings (SSSR count). The number of amides is 1. The van der Waals surface area contributed by atoms with Gasteiger partial charge in [0.15, 0.2) is 0 Å². The number of halogens is 1. The lowest BCUT2D eigenvalue weighted by Crippen LogP contribution is -2.60. The van der Waals surface area contributed by atoms with E-state index in [1.165, 1.54) is 0 Å². The molecule has 0 aliphatic heterocycles. The smallest absolute Gasteiger partial charge is 0.220 e. The molecule has 1 aromatic carbocycles. The van der Waals surface area contributed by atoms with Crippen molar-refractivity contribution in [3.05, 3.63) is 34.9 Å². The maximum absolute atomic E-state index is 12.7. The minimum Gasteiger partial charge on any atom is -0.396 e. The van der Waals surface area contributed by atoms with E-state index in [0.717, 1.165) is 18.4 Å². The van der Waals surface area contributed by atoms with Crippen molar-refractivity contribution in [2.24, 2.45) is 22.7 Å². The molecule has 6 heteroatoms. The van der Waals surface area contributed by atoms with Crippen LogP contribution in [0.15, 0.2) is 24.3 Å². The van der Waals surface area contributed by atoms with Crippen LogP contribution in [0, 0.1) is 22.7 Å². The summed E-state index contributed by atoms with van der Waals surface area (Å²) in [6.07, 6.45) is 1.79. The fourth-order valence-electron chi connectivity index (χ4n) is 5.71. The summed E-state index contributed by atoms with van der Waals surface area (Å²) in [4.78, 5) is 12.7. The first-order valence-corrected chi connectivity index (χ1v) is 10.6. The Balaban J connectivity index is 1.73. The van der Waals surface area contributed by atoms with Gasteiger partial charge in [-0.15, -0.1) is 0 Å². The van der Waals surface area contributed by atoms with Crippen LogP contribution in [0.3, 0.4) is 0 Å². The third-order valence-electron chi connectivity index (χ3n) is 7.55. The summed E-state index contributed by atoms with van der Waals surface area (Å²) in [6, 6.07) is 7.41. The molecule has 6 atom stereocenters. The Kier molecular flexibility index (Phi) is 6.40. The Hall–Kier alpha value is -1.14. The maximum Gasteiger partial charge on any atom is 0.220 e. The third-order valence-corrected chi connectivity index (χ3v) is 7.92. The number of benzene rings is 1. The fourth-order valence-corrected chi connectivity index (χ4v) is 5.91. The van der Waals surface area contributed by atoms with Gasteiger partial charge >= 0.3 is 0 Å². The highest BCUT2D eigenvalue weighted by Crippen LogP contribution is 2.60. The monoisotopic (exact) mass is 409 g/mol. The van der Waals surface area contributed by atoms with Crippen LogP contribution in [0.1, 0.15) is 51.5 Å². The second kappa shape index (κ2) is 8.31. The van der Waals surface area contributed by atoms with Crippen molar-refractivity contribution in [2.75, 3.05) is 6.61 Å². The summed E-state index contributed by atoms with van der Waals surface area (Å²) in [5.41, 5.74) is -0.0327. The number of aliphatic hydroxyl groups is 3. The minimum atomic E-state index is -0.598. The number of carbonyl (C=O) groups is 1. The standard InChI is InChI=1S/C22H32ClNO4/c1-21-10-9-19(27)22(2,13-25)18(21)8-7-17(26)15(21)11-20(28)24-12-14-5-3-4-6-16(14)23/h3-6,15,17-19,25-27H,7-13H2,1-2H3,(H,24,28). The molecule has 0 saturated heterocycles. The molecule has 0 heterocycles. The molecule has 2 saturated carbocycles. The second-order valence-corrected chi connectivity index (χ2v) is 9.51. The van der Waals surface area contributed by atoms with E-state index < -0.39 is 17.6 Å². The molecular weight excluding hydrogens is 378 g/mol. The van der Waals surface area contributed by atoms with Crippen LogP contribution in [0.5, 0.6) is 0 Å². The predicted molar refractivity (Wildman–Crippen MR) is 109 cm³/mol. The van der Waals surface area contributed by atoms with Crippen LogP contribution in [0.2, 0.25) is 5.02 Å². The van der Waals surface area contributed by atoms with E-state index in [9.17, 15) is 20.1 Å². The van der Waals surface area contributed by atoms with E-state index in [4.69, 9.17) is 11.6 Å². The molecule has 0 bridgehead atoms. The average Bonchev–Trinajstić information content (AvgIpc) is 2.67. The molecule has 2 aliphatic rings. The van der Waals surface area contributed by atoms with E-state index >= 15 is 0 Å². The van der Waals surface area contributed by atoms with Crippen molar-refractivity contribution in [3.8, 4) is 0 Å². The summed E-state index contributed by atoms with van der Waals surface area (Å²) < 4.78 is 0. The van der Waals surface area contributed by atoms with Crippen LogP contribution >= 0.6 is 11.6 Å². The fraction of sp³-hybridized carbons (Fsp3) is 0.682. The molecule has 0 radical (unpaired) electrons. The first-order chi connectivity index (χ1) is 13.2. The van der Waals surface area contributed by atoms with E-state index in [1.807, 2.05) is 25.1 Å². The average molecular weight is 410 g/mol. The molecule has 0 spiro atoms. The van der Waals surface area contributed by atoms with Crippen LogP contribution < -0.4 is 5.32 Å². The summed E-state index contributed by atoms with van der Waals surface area (Å²) in [6.45, 7) is 4.32. The zero-order valence-electron chi connectivity index (χ0n) is 16.7. The van der Waals surface area contributed by atoms with Crippen LogP contribution in [-0.4, -0.2) is 40.0 Å². The molecule has 0 aromatic heterocycles. The number of hydrogen-bond donors (Lipinski definition) is 4. The van der Waals surface area contributed by atoms with E-state index in [0.29, 0.717) is 24.4 Å². The minimum absolute atomic E-state index is 0.0681. The molecule has 1 amide bonds. The van der Waals surface area contributed by atoms with Crippen LogP contribution in [-0.2, 0) is 11.3 Å². The molecule has 6 unspecified atom stereocenters. The molecule has 156 valence electrons. The van der Waals surface area contributed by atoms with Gasteiger partial charge in [-0.2, -0.15) is 0 Å². The van der Waals surface area contributed by atoms with Crippen molar-refractivity contribution in [2.45, 2.75) is 64.7 Å². The molecule has 4 N–H and O–H groups in total. The third kappa shape index (κ3) is 3.82. The largest absolute Gasteiger partial charge is 0.396 e. The van der Waals surface area contributed by atoms with E-state index in [-0.39, 0.29) is 36.2 Å². The van der Waals surface area contributed by atoms with Gasteiger partial charge in [-0.3, -0.25) is 4.79 Å². The number of hydrogen-bond acceptors (Lipinski definition) is 4. The number of nitrogens with one attached hydrogen (secondary N) is 1. The van der Waals surface area contributed by atoms with E-state index in [1.54, 1.807) is 6.07 Å². The number of carbonyl (C=O) groups excluding carboxylic acids is 1. The second-order valence-electron chi connectivity index (χ2n) is 9.10. The zero-order chi connectivity index (χ0) is 20.5. The van der Waals surface area contributed by atoms with Gasteiger partial charge in [0.2, 0.25) is 5.91 Å². The number of aliphatic hydroxyl groups excluding tert-OH is 3. The SMILES string of the molecule is CC1(CO)C(O)CCC2(C)C(CC(=O)NCc3ccccc3Cl)C(O)CCC12. The van der Waals surface area contributed by atoms with Gasteiger partial charge in [-0.1, -0.05) is 43.6 Å². The van der Waals surface area contributed by atoms with Crippen molar-refractivity contribution in [1.29, 1.82) is 0 Å². The summed E-state index contributed by atoms with van der Waals surface area (Å²) >= 11 is 6.16. The van der Waals surface area contributed by atoms with E-state index in [2.05, 4.69) is 12.2 Å². The predicted octanol–water partition coefficient (Wildman–Crippen LogP) is 2.89. The summed E-state index contributed by atoms with van der Waals surface area (Å²) in [7, 11) is 0. The maximum atomic E-state index is 12.7. The highest BCUT2D eigenvalue weighted by atomic mass is 35.5. The van der Waals surface area contributed by atoms with Crippen molar-refractivity contribution in [3.63, 3.8) is 0 Å². The molecule has 2 aliphatic carbocycles. The number of fused-ring (bicyclic) bond motifs is 1. The Morgan fingerprint density at radius 2 is 1.93 bits per heavy atom. The summed E-state index contributed by atoms with van der Waals surface area (Å²) in [5, 5.41) is 34.9. The van der Waals surface area contributed by atoms with Gasteiger partial charge < -0.3 is 20.6 Å². The van der Waals surface area contributed by atoms with Gasteiger partial charge in [0.25, 0.3) is 0 Å². The molecule has 1 aromatic rings. The van der Waals surface area contributed by atoms with Gasteiger partial charge in [0.1, 0.15) is 0 Å². The molecular formula is C22H32ClNO4. The quantitative estimate of drug-likeness (QED) is 0.602. The zero-order valence-corrected chi connectivity index (χ0v) is 17.5. The highest BCUT2D eigenvalue weighted by molar-refractivity contribution is 6.31. The van der Waals surface area contributed by atoms with Gasteiger partial charge in [0, 0.05) is 23.4 Å². The Morgan fingerprint density at radius 1 is 1.21 bits per heavy atom. The molecule has 2 fully saturated rings. The molecule has 28 heavy (non-hydrogen) atoms. The van der Waals surface area contributed by atoms with Gasteiger partial charge in [0.05, 0.1) is 18.8 Å². The molecule has 5 nitrogen and oxygen atoms in total. The van der Waals surface area contributed by atoms with Gasteiger partial charge in [-0.25, -0.2) is 0 Å². The highest BCUT2D eigenvalue weighted by Gasteiger charge is 2.58. The Labute approximate surface area is 172 Å². The topological polar surface area (TPSA) is 89.8 Å². The summed E-state index contributed by atoms with van der Waals surface area (Å²) in [5.74, 6) is -0.239. The lowest BCUT2D eigenvalue weighted by atomic mass is 9.46. The van der Waals surface area contributed by atoms with Crippen molar-refractivity contribution >= 4 is 17.5 Å². The van der Waals surface area contributed by atoms with Crippen molar-refractivity contribution < 1.29 is 20.1 Å². The van der Waals surface area contributed by atoms with Crippen LogP contribution in [0.4, 0.5) is 0 Å². The van der Waals surface area contributed by atoms with Gasteiger partial charge in [-0.05, 0) is 54.6 Å². The normalized spacial score (nSPS) is 37.9. The first kappa shape index (κ1) is 21.6. The van der Waals surface area contributed by atoms with Crippen LogP contribution in [0.25, 0.3) is 0 Å². The Morgan fingerprint density at radius 3 is 2.61 bits per heavy atom.